The third-order valence-corrected chi connectivity index (χ3v) is 5.97. The number of rotatable bonds is 6. The molecule has 4 rings (SSSR count). The van der Waals surface area contributed by atoms with E-state index in [9.17, 15) is 4.39 Å². The third-order valence-electron chi connectivity index (χ3n) is 5.97. The highest BCUT2D eigenvalue weighted by Crippen LogP contribution is 2.36. The summed E-state index contributed by atoms with van der Waals surface area (Å²) in [6.07, 6.45) is 4.91. The number of aryl methyl sites for hydroxylation is 1. The first-order chi connectivity index (χ1) is 15.5. The number of nitrogens with one attached hydrogen (secondary N) is 1. The van der Waals surface area contributed by atoms with Crippen LogP contribution in [-0.2, 0) is 6.42 Å². The molecule has 0 bridgehead atoms. The number of halogens is 1. The van der Waals surface area contributed by atoms with Crippen LogP contribution in [0.25, 0.3) is 0 Å². The van der Waals surface area contributed by atoms with Gasteiger partial charge in [-0.2, -0.15) is 4.98 Å². The first kappa shape index (κ1) is 21.8. The van der Waals surface area contributed by atoms with Crippen molar-refractivity contribution in [3.8, 4) is 5.75 Å². The molecule has 1 unspecified atom stereocenters. The second kappa shape index (κ2) is 9.39. The summed E-state index contributed by atoms with van der Waals surface area (Å²) in [7, 11) is 0. The third kappa shape index (κ3) is 4.59. The van der Waals surface area contributed by atoms with E-state index in [2.05, 4.69) is 41.2 Å². The van der Waals surface area contributed by atoms with E-state index >= 15 is 0 Å². The van der Waals surface area contributed by atoms with Gasteiger partial charge in [-0.05, 0) is 81.6 Å². The zero-order valence-electron chi connectivity index (χ0n) is 19.0. The summed E-state index contributed by atoms with van der Waals surface area (Å²) in [5, 5.41) is 3.21. The van der Waals surface area contributed by atoms with Gasteiger partial charge in [-0.1, -0.05) is 18.2 Å². The molecule has 0 saturated heterocycles. The van der Waals surface area contributed by atoms with Crippen molar-refractivity contribution < 1.29 is 9.13 Å². The fraction of sp³-hybridized carbons (Fsp3) is 0.308. The molecule has 1 aliphatic rings. The molecule has 2 heterocycles. The Morgan fingerprint density at radius 1 is 1.16 bits per heavy atom. The van der Waals surface area contributed by atoms with Crippen molar-refractivity contribution in [3.05, 3.63) is 82.8 Å². The van der Waals surface area contributed by atoms with E-state index in [1.165, 1.54) is 23.3 Å². The normalized spacial score (nSPS) is 15.7. The summed E-state index contributed by atoms with van der Waals surface area (Å²) >= 11 is 0. The molecular formula is C26H29FN4O. The van der Waals surface area contributed by atoms with Crippen molar-refractivity contribution in [2.75, 3.05) is 23.4 Å². The van der Waals surface area contributed by atoms with Gasteiger partial charge in [-0.3, -0.25) is 0 Å². The maximum atomic E-state index is 13.2. The van der Waals surface area contributed by atoms with Gasteiger partial charge in [0.15, 0.2) is 0 Å². The fourth-order valence-electron chi connectivity index (χ4n) is 4.04. The van der Waals surface area contributed by atoms with Crippen LogP contribution in [0, 0.1) is 19.7 Å². The Hall–Kier alpha value is -3.41. The molecule has 6 heteroatoms. The van der Waals surface area contributed by atoms with Gasteiger partial charge in [0.25, 0.3) is 0 Å². The summed E-state index contributed by atoms with van der Waals surface area (Å²) in [5.74, 6) is 2.07. The van der Waals surface area contributed by atoms with Gasteiger partial charge >= 0.3 is 0 Å². The lowest BCUT2D eigenvalue weighted by molar-refractivity contribution is 0.362. The summed E-state index contributed by atoms with van der Waals surface area (Å²) in [6.45, 7) is 9.70. The first-order valence-electron chi connectivity index (χ1n) is 11.0. The molecule has 3 aromatic rings. The topological polar surface area (TPSA) is 50.3 Å². The monoisotopic (exact) mass is 432 g/mol. The largest absolute Gasteiger partial charge is 0.490 e. The molecule has 0 saturated carbocycles. The lowest BCUT2D eigenvalue weighted by Crippen LogP contribution is -2.35. The first-order valence-corrected chi connectivity index (χ1v) is 11.0. The minimum Gasteiger partial charge on any atom is -0.490 e. The Labute approximate surface area is 189 Å². The van der Waals surface area contributed by atoms with Gasteiger partial charge < -0.3 is 15.0 Å². The molecule has 0 amide bonds. The Morgan fingerprint density at radius 2 is 1.94 bits per heavy atom. The van der Waals surface area contributed by atoms with Crippen LogP contribution in [0.1, 0.15) is 42.3 Å². The fourth-order valence-corrected chi connectivity index (χ4v) is 4.04. The van der Waals surface area contributed by atoms with Gasteiger partial charge in [0.05, 0.1) is 6.04 Å². The molecule has 0 aliphatic carbocycles. The quantitative estimate of drug-likeness (QED) is 0.480. The number of benzene rings is 2. The second-order valence-electron chi connectivity index (χ2n) is 8.07. The van der Waals surface area contributed by atoms with Gasteiger partial charge in [-0.15, -0.1) is 0 Å². The Kier molecular flexibility index (Phi) is 6.40. The summed E-state index contributed by atoms with van der Waals surface area (Å²) in [6, 6.07) is 12.8. The number of ether oxygens (including phenoxy) is 1. The summed E-state index contributed by atoms with van der Waals surface area (Å²) in [4.78, 5) is 11.8. The number of aromatic nitrogens is 2. The molecular weight excluding hydrogens is 403 g/mol. The highest BCUT2D eigenvalue weighted by atomic mass is 19.1. The van der Waals surface area contributed by atoms with Crippen LogP contribution >= 0.6 is 0 Å². The Bertz CT molecular complexity index is 1130. The summed E-state index contributed by atoms with van der Waals surface area (Å²) in [5.41, 5.74) is 5.35. The van der Waals surface area contributed by atoms with Crippen molar-refractivity contribution >= 4 is 17.5 Å². The van der Waals surface area contributed by atoms with Crippen LogP contribution in [0.4, 0.5) is 21.8 Å². The highest BCUT2D eigenvalue weighted by molar-refractivity contribution is 5.60. The van der Waals surface area contributed by atoms with E-state index in [0.717, 1.165) is 41.5 Å². The van der Waals surface area contributed by atoms with Crippen molar-refractivity contribution in [2.24, 2.45) is 0 Å². The average molecular weight is 433 g/mol. The van der Waals surface area contributed by atoms with Crippen LogP contribution in [-0.4, -0.2) is 23.1 Å². The lowest BCUT2D eigenvalue weighted by atomic mass is 9.93. The maximum absolute atomic E-state index is 13.2. The van der Waals surface area contributed by atoms with Crippen LogP contribution in [0.15, 0.2) is 54.6 Å². The van der Waals surface area contributed by atoms with E-state index in [0.29, 0.717) is 12.6 Å². The molecule has 166 valence electrons. The molecule has 0 fully saturated rings. The number of allylic oxidation sites excluding steroid dienone is 1. The van der Waals surface area contributed by atoms with Gasteiger partial charge in [-0.25, -0.2) is 9.37 Å². The average Bonchev–Trinajstić information content (AvgIpc) is 2.78. The highest BCUT2D eigenvalue weighted by Gasteiger charge is 2.27. The Balaban J connectivity index is 1.59. The van der Waals surface area contributed by atoms with Crippen molar-refractivity contribution in [1.29, 1.82) is 0 Å². The second-order valence-corrected chi connectivity index (χ2v) is 8.07. The van der Waals surface area contributed by atoms with Crippen molar-refractivity contribution in [3.63, 3.8) is 0 Å². The van der Waals surface area contributed by atoms with Gasteiger partial charge in [0.1, 0.15) is 24.0 Å². The molecule has 0 spiro atoms. The molecule has 32 heavy (non-hydrogen) atoms. The molecule has 0 radical (unpaired) electrons. The Morgan fingerprint density at radius 3 is 2.69 bits per heavy atom. The molecule has 1 N–H and O–H groups in total. The maximum Gasteiger partial charge on any atom is 0.229 e. The van der Waals surface area contributed by atoms with Crippen LogP contribution in [0.3, 0.4) is 0 Å². The molecule has 1 atom stereocenters. The predicted molar refractivity (Wildman–Crippen MR) is 127 cm³/mol. The zero-order valence-corrected chi connectivity index (χ0v) is 19.0. The number of hydrogen-bond donors (Lipinski definition) is 1. The predicted octanol–water partition coefficient (Wildman–Crippen LogP) is 6.05. The smallest absolute Gasteiger partial charge is 0.229 e. The number of anilines is 3. The molecule has 1 aliphatic heterocycles. The number of hydrogen-bond acceptors (Lipinski definition) is 5. The van der Waals surface area contributed by atoms with E-state index in [1.807, 2.05) is 32.1 Å². The molecule has 2 aromatic carbocycles. The molecule has 1 aromatic heterocycles. The van der Waals surface area contributed by atoms with E-state index in [1.54, 1.807) is 12.1 Å². The van der Waals surface area contributed by atoms with Crippen LogP contribution in [0.5, 0.6) is 5.75 Å². The van der Waals surface area contributed by atoms with E-state index in [4.69, 9.17) is 9.72 Å². The number of nitrogens with zero attached hydrogens (tertiary/aromatic N) is 3. The van der Waals surface area contributed by atoms with E-state index < -0.39 is 0 Å². The standard InChI is InChI=1S/C26H29FN4O/c1-5-6-15-32-23-11-12-24-19(4)31(14-13-20(24)16-23)25-17(2)18(3)28-26(30-25)29-22-9-7-21(27)8-10-22/h5-12,16,19H,13-15H2,1-4H3,(H,28,29,30)/b6-5+. The van der Waals surface area contributed by atoms with Crippen LogP contribution in [0.2, 0.25) is 0 Å². The van der Waals surface area contributed by atoms with E-state index in [-0.39, 0.29) is 11.9 Å². The molecule has 5 nitrogen and oxygen atoms in total. The zero-order chi connectivity index (χ0) is 22.7. The number of fused-ring (bicyclic) bond motifs is 1. The lowest BCUT2D eigenvalue weighted by Gasteiger charge is -2.37. The SMILES string of the molecule is C/C=C/COc1ccc2c(c1)CCN(c1nc(Nc3ccc(F)cc3)nc(C)c1C)C2C. The van der Waals surface area contributed by atoms with Crippen LogP contribution < -0.4 is 15.0 Å². The van der Waals surface area contributed by atoms with Crippen molar-refractivity contribution in [1.82, 2.24) is 9.97 Å². The van der Waals surface area contributed by atoms with Crippen molar-refractivity contribution in [2.45, 2.75) is 40.2 Å². The van der Waals surface area contributed by atoms with Gasteiger partial charge in [0, 0.05) is 23.5 Å². The minimum atomic E-state index is -0.270. The minimum absolute atomic E-state index is 0.176. The van der Waals surface area contributed by atoms with Gasteiger partial charge in [0.2, 0.25) is 5.95 Å². The summed E-state index contributed by atoms with van der Waals surface area (Å²) < 4.78 is 19.1.